The van der Waals surface area contributed by atoms with Crippen molar-refractivity contribution in [2.75, 3.05) is 7.11 Å². The van der Waals surface area contributed by atoms with Gasteiger partial charge in [-0.2, -0.15) is 4.42 Å². The Hall–Kier alpha value is -1.19. The van der Waals surface area contributed by atoms with E-state index in [0.29, 0.717) is 5.78 Å². The second-order valence-corrected chi connectivity index (χ2v) is 3.22. The lowest BCUT2D eigenvalue weighted by molar-refractivity contribution is -0.613. The molecule has 0 radical (unpaired) electrons. The molecule has 0 saturated heterocycles. The zero-order chi connectivity index (χ0) is 11.1. The van der Waals surface area contributed by atoms with Crippen molar-refractivity contribution in [2.24, 2.45) is 0 Å². The number of allylic oxidation sites excluding steroid dienone is 6. The number of hydrogen-bond acceptors (Lipinski definition) is 2. The van der Waals surface area contributed by atoms with Crippen molar-refractivity contribution in [3.8, 4) is 0 Å². The number of carbonyl (C=O) groups excluding carboxylic acids is 1. The summed E-state index contributed by atoms with van der Waals surface area (Å²) in [5.74, 6) is 0.595. The maximum atomic E-state index is 9.07. The Morgan fingerprint density at radius 2 is 2.07 bits per heavy atom. The maximum Gasteiger partial charge on any atom is 0.502 e. The number of aliphatic hydroxyl groups is 1. The molecular formula is C12H17O3+. The highest BCUT2D eigenvalue weighted by Gasteiger charge is 2.14. The molecule has 3 nitrogen and oxygen atoms in total. The Kier molecular flexibility index (Phi) is 5.01. The van der Waals surface area contributed by atoms with Crippen molar-refractivity contribution in [3.05, 3.63) is 36.0 Å². The zero-order valence-corrected chi connectivity index (χ0v) is 9.14. The number of ketones is 1. The third-order valence-corrected chi connectivity index (χ3v) is 1.99. The lowest BCUT2D eigenvalue weighted by Crippen LogP contribution is -2.13. The molecule has 0 bridgehead atoms. The molecule has 0 aromatic rings. The Morgan fingerprint density at radius 1 is 1.40 bits per heavy atom. The van der Waals surface area contributed by atoms with Crippen molar-refractivity contribution < 1.29 is 14.3 Å². The van der Waals surface area contributed by atoms with E-state index in [0.717, 1.165) is 18.4 Å². The van der Waals surface area contributed by atoms with Gasteiger partial charge < -0.3 is 0 Å². The second kappa shape index (κ2) is 6.32. The maximum absolute atomic E-state index is 9.07. The van der Waals surface area contributed by atoms with Crippen LogP contribution in [0, 0.1) is 0 Å². The Bertz CT molecular complexity index is 293. The average Bonchev–Trinajstić information content (AvgIpc) is 2.28. The second-order valence-electron chi connectivity index (χ2n) is 3.22. The average molecular weight is 209 g/mol. The minimum Gasteiger partial charge on any atom is -0.287 e. The molecule has 1 N–H and O–H groups in total. The molecule has 1 aliphatic carbocycles. The van der Waals surface area contributed by atoms with Crippen molar-refractivity contribution in [1.29, 1.82) is 0 Å². The lowest BCUT2D eigenvalue weighted by atomic mass is 10.1. The summed E-state index contributed by atoms with van der Waals surface area (Å²) < 4.78 is 9.62. The SMILES string of the molecule is CCCC=C1C=CC(=[O+]C(O)OC)C=C1. The third kappa shape index (κ3) is 4.23. The molecule has 0 saturated carbocycles. The summed E-state index contributed by atoms with van der Waals surface area (Å²) >= 11 is 0. The summed E-state index contributed by atoms with van der Waals surface area (Å²) in [6.07, 6.45) is 11.9. The van der Waals surface area contributed by atoms with Gasteiger partial charge in [-0.15, -0.1) is 0 Å². The fraction of sp³-hybridized carbons (Fsp3) is 0.417. The predicted molar refractivity (Wildman–Crippen MR) is 59.3 cm³/mol. The monoisotopic (exact) mass is 209 g/mol. The Balaban J connectivity index is 2.59. The number of hydrogen-bond donors (Lipinski definition) is 1. The standard InChI is InChI=1S/C12H17O3/c1-3-4-5-10-6-8-11(9-7-10)15-12(13)14-2/h5-9,12-13H,3-4H2,1-2H3/q+1. The molecule has 1 atom stereocenters. The van der Waals surface area contributed by atoms with Gasteiger partial charge >= 0.3 is 12.3 Å². The van der Waals surface area contributed by atoms with Crippen LogP contribution in [-0.2, 0) is 9.16 Å². The van der Waals surface area contributed by atoms with Crippen LogP contribution in [0.4, 0.5) is 0 Å². The quantitative estimate of drug-likeness (QED) is 0.567. The van der Waals surface area contributed by atoms with E-state index < -0.39 is 6.48 Å². The Labute approximate surface area is 90.1 Å². The van der Waals surface area contributed by atoms with Gasteiger partial charge in [0.2, 0.25) is 0 Å². The summed E-state index contributed by atoms with van der Waals surface area (Å²) in [6.45, 7) is 0.943. The van der Waals surface area contributed by atoms with Crippen molar-refractivity contribution >= 4 is 5.78 Å². The van der Waals surface area contributed by atoms with Crippen LogP contribution in [0.5, 0.6) is 0 Å². The van der Waals surface area contributed by atoms with Gasteiger partial charge in [-0.1, -0.05) is 19.4 Å². The molecule has 0 aromatic carbocycles. The van der Waals surface area contributed by atoms with Crippen molar-refractivity contribution in [1.82, 2.24) is 0 Å². The number of unbranched alkanes of at least 4 members (excludes halogenated alkanes) is 1. The molecule has 0 amide bonds. The molecule has 1 aliphatic rings. The lowest BCUT2D eigenvalue weighted by Gasteiger charge is -1.97. The van der Waals surface area contributed by atoms with Gasteiger partial charge in [-0.05, 0) is 24.1 Å². The molecule has 3 heteroatoms. The normalized spacial score (nSPS) is 16.7. The molecule has 82 valence electrons. The van der Waals surface area contributed by atoms with Crippen LogP contribution in [0.3, 0.4) is 0 Å². The molecule has 1 rings (SSSR count). The van der Waals surface area contributed by atoms with E-state index in [1.54, 1.807) is 0 Å². The van der Waals surface area contributed by atoms with Gasteiger partial charge in [0.05, 0.1) is 0 Å². The minimum absolute atomic E-state index is 0.595. The summed E-state index contributed by atoms with van der Waals surface area (Å²) in [6, 6.07) is 0. The molecule has 0 spiro atoms. The number of rotatable bonds is 4. The van der Waals surface area contributed by atoms with E-state index in [4.69, 9.17) is 9.53 Å². The van der Waals surface area contributed by atoms with E-state index in [1.807, 2.05) is 24.3 Å². The van der Waals surface area contributed by atoms with Gasteiger partial charge in [0.1, 0.15) is 0 Å². The highest BCUT2D eigenvalue weighted by molar-refractivity contribution is 6.01. The first-order chi connectivity index (χ1) is 7.26. The van der Waals surface area contributed by atoms with Crippen LogP contribution in [0.1, 0.15) is 19.8 Å². The molecular weight excluding hydrogens is 192 g/mol. The van der Waals surface area contributed by atoms with Crippen molar-refractivity contribution in [3.63, 3.8) is 0 Å². The predicted octanol–water partition coefficient (Wildman–Crippen LogP) is 1.87. The highest BCUT2D eigenvalue weighted by Crippen LogP contribution is 2.08. The summed E-state index contributed by atoms with van der Waals surface area (Å²) in [5.41, 5.74) is 1.16. The number of aliphatic hydroxyl groups excluding tert-OH is 1. The molecule has 0 fully saturated rings. The van der Waals surface area contributed by atoms with Crippen LogP contribution in [0.15, 0.2) is 36.0 Å². The third-order valence-electron chi connectivity index (χ3n) is 1.99. The first-order valence-electron chi connectivity index (χ1n) is 5.07. The molecule has 0 heterocycles. The number of methoxy groups -OCH3 is 1. The first kappa shape index (κ1) is 11.9. The van der Waals surface area contributed by atoms with Crippen LogP contribution < -0.4 is 0 Å². The first-order valence-corrected chi connectivity index (χ1v) is 5.07. The minimum atomic E-state index is -1.20. The van der Waals surface area contributed by atoms with E-state index in [-0.39, 0.29) is 0 Å². The highest BCUT2D eigenvalue weighted by atomic mass is 16.8. The van der Waals surface area contributed by atoms with Gasteiger partial charge in [-0.25, -0.2) is 0 Å². The van der Waals surface area contributed by atoms with Gasteiger partial charge in [-0.3, -0.25) is 9.84 Å². The van der Waals surface area contributed by atoms with E-state index in [2.05, 4.69) is 17.7 Å². The van der Waals surface area contributed by atoms with Crippen LogP contribution >= 0.6 is 0 Å². The van der Waals surface area contributed by atoms with Crippen molar-refractivity contribution in [2.45, 2.75) is 26.2 Å². The molecule has 1 unspecified atom stereocenters. The van der Waals surface area contributed by atoms with E-state index in [1.165, 1.54) is 7.11 Å². The molecule has 0 aliphatic heterocycles. The van der Waals surface area contributed by atoms with Crippen LogP contribution in [0.25, 0.3) is 0 Å². The topological polar surface area (TPSA) is 40.8 Å². The zero-order valence-electron chi connectivity index (χ0n) is 9.14. The van der Waals surface area contributed by atoms with Gasteiger partial charge in [0.25, 0.3) is 0 Å². The fourth-order valence-corrected chi connectivity index (χ4v) is 1.16. The fourth-order valence-electron chi connectivity index (χ4n) is 1.16. The Morgan fingerprint density at radius 3 is 2.60 bits per heavy atom. The molecule has 15 heavy (non-hydrogen) atoms. The smallest absolute Gasteiger partial charge is 0.287 e. The summed E-state index contributed by atoms with van der Waals surface area (Å²) in [5, 5.41) is 9.07. The van der Waals surface area contributed by atoms with Crippen LogP contribution in [0.2, 0.25) is 0 Å². The van der Waals surface area contributed by atoms with Gasteiger partial charge in [0, 0.05) is 19.3 Å². The van der Waals surface area contributed by atoms with Crippen LogP contribution in [-0.4, -0.2) is 24.5 Å². The number of ether oxygens (including phenoxy) is 1. The van der Waals surface area contributed by atoms with E-state index >= 15 is 0 Å². The summed E-state index contributed by atoms with van der Waals surface area (Å²) in [7, 11) is 1.38. The summed E-state index contributed by atoms with van der Waals surface area (Å²) in [4.78, 5) is 0. The largest absolute Gasteiger partial charge is 0.502 e. The van der Waals surface area contributed by atoms with Gasteiger partial charge in [0.15, 0.2) is 0 Å². The van der Waals surface area contributed by atoms with E-state index in [9.17, 15) is 0 Å². The molecule has 0 aromatic heterocycles.